The maximum Gasteiger partial charge on any atom is 0.230 e. The number of hydrogen-bond donors (Lipinski definition) is 5. The molecule has 184 valence electrons. The lowest BCUT2D eigenvalue weighted by molar-refractivity contribution is -0.184. The van der Waals surface area contributed by atoms with Gasteiger partial charge in [0.2, 0.25) is 11.7 Å². The highest BCUT2D eigenvalue weighted by Crippen LogP contribution is 2.53. The third kappa shape index (κ3) is 3.03. The molecule has 5 rings (SSSR count). The van der Waals surface area contributed by atoms with Gasteiger partial charge in [-0.15, -0.1) is 0 Å². The fourth-order valence-corrected chi connectivity index (χ4v) is 6.29. The van der Waals surface area contributed by atoms with Crippen LogP contribution in [0, 0.1) is 17.8 Å². The highest BCUT2D eigenvalue weighted by atomic mass is 16.3. The Labute approximate surface area is 200 Å². The summed E-state index contributed by atoms with van der Waals surface area (Å²) in [6, 6.07) is 3.88. The first kappa shape index (κ1) is 23.3. The van der Waals surface area contributed by atoms with Crippen molar-refractivity contribution in [2.24, 2.45) is 23.5 Å². The number of amides is 1. The van der Waals surface area contributed by atoms with Crippen LogP contribution < -0.4 is 5.73 Å². The number of phenols is 1. The second-order valence-electron chi connectivity index (χ2n) is 9.79. The van der Waals surface area contributed by atoms with E-state index in [2.05, 4.69) is 0 Å². The Hall–Kier alpha value is -3.47. The standard InChI is InChI=1S/C25H26N2O8/c1-27(2)19-14-8-11-7-13-12(10-5-6-35-9-10)3-4-15(28)17(13)20(29)16(11)22(31)25(14,34)23(32)18(21(19)30)24(26)33/h3-6,9,11,14,18-19,21,28-30,34H,7-8H2,1-2H3,(H2,26,33)/t11-,14-,18?,19-,21?,25-/m0/s1. The minimum Gasteiger partial charge on any atom is -0.507 e. The van der Waals surface area contributed by atoms with E-state index < -0.39 is 58.7 Å². The SMILES string of the molecule is CN(C)[C@@H]1C(O)C(C(N)=O)C(=O)[C@@]2(O)C(=O)C3=C(O)c4c(O)ccc(-c5ccoc5)c4C[C@H]3C[C@@H]12. The normalized spacial score (nSPS) is 32.3. The number of carbonyl (C=O) groups is 3. The predicted octanol–water partition coefficient (Wildman–Crippen LogP) is 0.389. The molecule has 3 aliphatic carbocycles. The Morgan fingerprint density at radius 3 is 2.51 bits per heavy atom. The second-order valence-corrected chi connectivity index (χ2v) is 9.79. The molecule has 1 amide bonds. The monoisotopic (exact) mass is 482 g/mol. The van der Waals surface area contributed by atoms with Gasteiger partial charge in [-0.05, 0) is 56.1 Å². The molecule has 2 fully saturated rings. The third-order valence-electron chi connectivity index (χ3n) is 7.80. The number of Topliss-reactive ketones (excluding diaryl/α,β-unsaturated/α-hetero) is 2. The number of furan rings is 1. The van der Waals surface area contributed by atoms with Crippen molar-refractivity contribution in [3.05, 3.63) is 47.4 Å². The van der Waals surface area contributed by atoms with Crippen LogP contribution in [0.2, 0.25) is 0 Å². The van der Waals surface area contributed by atoms with Gasteiger partial charge in [-0.2, -0.15) is 0 Å². The van der Waals surface area contributed by atoms with Gasteiger partial charge in [-0.3, -0.25) is 14.4 Å². The van der Waals surface area contributed by atoms with Crippen LogP contribution >= 0.6 is 0 Å². The van der Waals surface area contributed by atoms with E-state index in [0.29, 0.717) is 11.1 Å². The summed E-state index contributed by atoms with van der Waals surface area (Å²) in [7, 11) is 3.22. The number of ketones is 2. The molecule has 6 atom stereocenters. The van der Waals surface area contributed by atoms with Crippen molar-refractivity contribution in [1.82, 2.24) is 4.90 Å². The summed E-state index contributed by atoms with van der Waals surface area (Å²) in [5.41, 5.74) is 4.59. The van der Waals surface area contributed by atoms with Crippen molar-refractivity contribution >= 4 is 23.2 Å². The van der Waals surface area contributed by atoms with Crippen LogP contribution in [0.25, 0.3) is 16.9 Å². The number of aliphatic hydroxyl groups is 3. The van der Waals surface area contributed by atoms with E-state index in [1.807, 2.05) is 0 Å². The summed E-state index contributed by atoms with van der Waals surface area (Å²) >= 11 is 0. The number of fused-ring (bicyclic) bond motifs is 3. The van der Waals surface area contributed by atoms with E-state index >= 15 is 0 Å². The number of hydrogen-bond acceptors (Lipinski definition) is 9. The molecule has 3 aliphatic rings. The molecule has 0 saturated heterocycles. The molecule has 2 unspecified atom stereocenters. The van der Waals surface area contributed by atoms with Crippen molar-refractivity contribution in [1.29, 1.82) is 0 Å². The largest absolute Gasteiger partial charge is 0.507 e. The molecule has 10 heteroatoms. The maximum absolute atomic E-state index is 13.8. The molecule has 6 N–H and O–H groups in total. The average molecular weight is 482 g/mol. The van der Waals surface area contributed by atoms with Gasteiger partial charge in [-0.25, -0.2) is 0 Å². The Balaban J connectivity index is 1.71. The Morgan fingerprint density at radius 1 is 1.20 bits per heavy atom. The zero-order valence-electron chi connectivity index (χ0n) is 19.1. The Kier molecular flexibility index (Phi) is 5.17. The van der Waals surface area contributed by atoms with Crippen LogP contribution in [-0.4, -0.2) is 74.6 Å². The van der Waals surface area contributed by atoms with E-state index in [-0.39, 0.29) is 29.7 Å². The fourth-order valence-electron chi connectivity index (χ4n) is 6.29. The molecule has 2 saturated carbocycles. The van der Waals surface area contributed by atoms with Crippen LogP contribution in [0.4, 0.5) is 0 Å². The number of nitrogens with zero attached hydrogens (tertiary/aromatic N) is 1. The molecule has 1 aromatic carbocycles. The van der Waals surface area contributed by atoms with Crippen LogP contribution in [0.5, 0.6) is 5.75 Å². The Bertz CT molecular complexity index is 1280. The molecule has 10 nitrogen and oxygen atoms in total. The number of likely N-dealkylation sites (N-methyl/N-ethyl adjacent to an activating group) is 1. The van der Waals surface area contributed by atoms with Gasteiger partial charge in [0, 0.05) is 23.1 Å². The van der Waals surface area contributed by atoms with E-state index in [4.69, 9.17) is 10.2 Å². The van der Waals surface area contributed by atoms with Crippen molar-refractivity contribution in [2.45, 2.75) is 30.6 Å². The topological polar surface area (TPSA) is 175 Å². The van der Waals surface area contributed by atoms with E-state index in [1.165, 1.54) is 18.6 Å². The first-order chi connectivity index (χ1) is 16.5. The molecule has 1 aromatic heterocycles. The zero-order chi connectivity index (χ0) is 25.4. The van der Waals surface area contributed by atoms with Gasteiger partial charge in [0.15, 0.2) is 11.4 Å². The number of aliphatic hydroxyl groups excluding tert-OH is 2. The summed E-state index contributed by atoms with van der Waals surface area (Å²) in [4.78, 5) is 40.7. The number of aromatic hydroxyl groups is 1. The highest BCUT2D eigenvalue weighted by Gasteiger charge is 2.67. The average Bonchev–Trinajstić information content (AvgIpc) is 3.30. The lowest BCUT2D eigenvalue weighted by Crippen LogP contribution is -2.73. The van der Waals surface area contributed by atoms with Gasteiger partial charge in [0.25, 0.3) is 0 Å². The minimum atomic E-state index is -2.66. The first-order valence-electron chi connectivity index (χ1n) is 11.3. The summed E-state index contributed by atoms with van der Waals surface area (Å²) in [5.74, 6) is -7.59. The van der Waals surface area contributed by atoms with Gasteiger partial charge in [0.05, 0.1) is 24.2 Å². The summed E-state index contributed by atoms with van der Waals surface area (Å²) < 4.78 is 5.19. The summed E-state index contributed by atoms with van der Waals surface area (Å²) in [6.07, 6.45) is 1.79. The molecular weight excluding hydrogens is 456 g/mol. The predicted molar refractivity (Wildman–Crippen MR) is 122 cm³/mol. The number of primary amides is 1. The fraction of sp³-hybridized carbons (Fsp3) is 0.400. The van der Waals surface area contributed by atoms with E-state index in [1.54, 1.807) is 31.1 Å². The number of rotatable bonds is 3. The van der Waals surface area contributed by atoms with E-state index in [9.17, 15) is 34.8 Å². The molecule has 0 aliphatic heterocycles. The molecular formula is C25H26N2O8. The molecule has 2 aromatic rings. The molecule has 35 heavy (non-hydrogen) atoms. The third-order valence-corrected chi connectivity index (χ3v) is 7.80. The van der Waals surface area contributed by atoms with Crippen LogP contribution in [0.15, 0.2) is 40.7 Å². The molecule has 0 spiro atoms. The van der Waals surface area contributed by atoms with Gasteiger partial charge in [-0.1, -0.05) is 6.07 Å². The van der Waals surface area contributed by atoms with Crippen molar-refractivity contribution in [3.8, 4) is 16.9 Å². The Morgan fingerprint density at radius 2 is 1.91 bits per heavy atom. The van der Waals surface area contributed by atoms with Gasteiger partial charge >= 0.3 is 0 Å². The van der Waals surface area contributed by atoms with Crippen molar-refractivity contribution in [3.63, 3.8) is 0 Å². The number of nitrogens with two attached hydrogens (primary N) is 1. The van der Waals surface area contributed by atoms with Crippen molar-refractivity contribution < 1.29 is 39.2 Å². The lowest BCUT2D eigenvalue weighted by Gasteiger charge is -2.53. The number of phenolic OH excluding ortho intramolecular Hbond substituents is 1. The highest BCUT2D eigenvalue weighted by molar-refractivity contribution is 6.25. The summed E-state index contributed by atoms with van der Waals surface area (Å²) in [5, 5.41) is 44.3. The first-order valence-corrected chi connectivity index (χ1v) is 11.3. The zero-order valence-corrected chi connectivity index (χ0v) is 19.1. The molecule has 1 heterocycles. The minimum absolute atomic E-state index is 0.0456. The molecule has 0 radical (unpaired) electrons. The maximum atomic E-state index is 13.8. The van der Waals surface area contributed by atoms with E-state index in [0.717, 1.165) is 5.56 Å². The lowest BCUT2D eigenvalue weighted by atomic mass is 9.54. The number of benzene rings is 1. The summed E-state index contributed by atoms with van der Waals surface area (Å²) in [6.45, 7) is 0. The van der Waals surface area contributed by atoms with Crippen molar-refractivity contribution in [2.75, 3.05) is 14.1 Å². The molecule has 0 bridgehead atoms. The van der Waals surface area contributed by atoms with Gasteiger partial charge in [0.1, 0.15) is 17.4 Å². The quantitative estimate of drug-likeness (QED) is 0.388. The smallest absolute Gasteiger partial charge is 0.230 e. The van der Waals surface area contributed by atoms with Crippen LogP contribution in [0.1, 0.15) is 17.5 Å². The second kappa shape index (κ2) is 7.77. The van der Waals surface area contributed by atoms with Gasteiger partial charge < -0.3 is 35.5 Å². The van der Waals surface area contributed by atoms with Crippen LogP contribution in [-0.2, 0) is 20.8 Å². The van der Waals surface area contributed by atoms with Crippen LogP contribution in [0.3, 0.4) is 0 Å². The number of carbonyl (C=O) groups excluding carboxylic acids is 3.